The lowest BCUT2D eigenvalue weighted by Crippen LogP contribution is -2.64. The Kier molecular flexibility index (Phi) is 5.66. The van der Waals surface area contributed by atoms with Crippen molar-refractivity contribution in [2.75, 3.05) is 10.7 Å². The van der Waals surface area contributed by atoms with Gasteiger partial charge in [0.05, 0.1) is 17.8 Å². The molecular weight excluding hydrogens is 353 g/mol. The van der Waals surface area contributed by atoms with E-state index in [-0.39, 0.29) is 16.4 Å². The van der Waals surface area contributed by atoms with Crippen molar-refractivity contribution in [1.29, 1.82) is 0 Å². The van der Waals surface area contributed by atoms with Crippen molar-refractivity contribution < 1.29 is 22.0 Å². The van der Waals surface area contributed by atoms with Crippen LogP contribution in [0.4, 0.5) is 33.3 Å². The highest BCUT2D eigenvalue weighted by Gasteiger charge is 2.69. The van der Waals surface area contributed by atoms with Crippen LogP contribution in [0.2, 0.25) is 0 Å². The van der Waals surface area contributed by atoms with Gasteiger partial charge >= 0.3 is 6.05 Å². The summed E-state index contributed by atoms with van der Waals surface area (Å²) < 4.78 is 75.2. The number of hydrogen-bond acceptors (Lipinski definition) is 3. The Balaban J connectivity index is 3.42. The first-order valence-electron chi connectivity index (χ1n) is 8.22. The Morgan fingerprint density at radius 2 is 1.31 bits per heavy atom. The summed E-state index contributed by atoms with van der Waals surface area (Å²) in [4.78, 5) is 0. The first-order valence-corrected chi connectivity index (χ1v) is 8.22. The molecule has 26 heavy (non-hydrogen) atoms. The highest BCUT2D eigenvalue weighted by molar-refractivity contribution is 5.67. The molecule has 0 aliphatic rings. The molecule has 8 heteroatoms. The maximum absolute atomic E-state index is 15.7. The van der Waals surface area contributed by atoms with Crippen molar-refractivity contribution >= 4 is 11.4 Å². The number of nitrogen functional groups attached to an aromatic ring is 1. The Bertz CT molecular complexity index is 634. The van der Waals surface area contributed by atoms with E-state index < -0.39 is 34.9 Å². The third-order valence-corrected chi connectivity index (χ3v) is 4.63. The van der Waals surface area contributed by atoms with Gasteiger partial charge in [0.25, 0.3) is 5.92 Å². The summed E-state index contributed by atoms with van der Waals surface area (Å²) in [5.41, 5.74) is -1.92. The smallest absolute Gasteiger partial charge is 0.341 e. The van der Waals surface area contributed by atoms with Crippen LogP contribution in [0.5, 0.6) is 0 Å². The zero-order valence-corrected chi connectivity index (χ0v) is 16.0. The Labute approximate surface area is 151 Å². The molecule has 0 aliphatic heterocycles. The van der Waals surface area contributed by atoms with Crippen LogP contribution in [0.1, 0.15) is 48.0 Å². The molecule has 1 rings (SSSR count). The monoisotopic (exact) mass is 381 g/mol. The predicted octanol–water partition coefficient (Wildman–Crippen LogP) is 5.37. The third-order valence-electron chi connectivity index (χ3n) is 4.63. The SMILES string of the molecule is CC(C)(C)C(F)(F)C(F)(CC(F)(F)N(N)c1ccccc1N)C(C)(C)C. The molecule has 0 saturated heterocycles. The van der Waals surface area contributed by atoms with Crippen molar-refractivity contribution in [3.63, 3.8) is 0 Å². The Morgan fingerprint density at radius 1 is 0.846 bits per heavy atom. The second-order valence-electron chi connectivity index (χ2n) is 8.65. The van der Waals surface area contributed by atoms with Crippen molar-refractivity contribution in [3.8, 4) is 0 Å². The van der Waals surface area contributed by atoms with Crippen LogP contribution in [0.3, 0.4) is 0 Å². The molecule has 0 saturated carbocycles. The van der Waals surface area contributed by atoms with E-state index in [1.807, 2.05) is 0 Å². The van der Waals surface area contributed by atoms with E-state index >= 15 is 4.39 Å². The molecule has 1 aromatic rings. The number of alkyl halides is 5. The maximum atomic E-state index is 15.7. The summed E-state index contributed by atoms with van der Waals surface area (Å²) >= 11 is 0. The van der Waals surface area contributed by atoms with Gasteiger partial charge in [0.1, 0.15) is 0 Å². The molecule has 0 bridgehead atoms. The number of nitrogens with zero attached hydrogens (tertiary/aromatic N) is 1. The van der Waals surface area contributed by atoms with Gasteiger partial charge in [0.15, 0.2) is 5.67 Å². The van der Waals surface area contributed by atoms with Crippen LogP contribution in [0, 0.1) is 10.8 Å². The molecule has 0 fully saturated rings. The fourth-order valence-electron chi connectivity index (χ4n) is 2.70. The first kappa shape index (κ1) is 22.5. The van der Waals surface area contributed by atoms with Crippen LogP contribution in [-0.2, 0) is 0 Å². The van der Waals surface area contributed by atoms with Crippen LogP contribution in [0.25, 0.3) is 0 Å². The number of benzene rings is 1. The maximum Gasteiger partial charge on any atom is 0.341 e. The zero-order valence-electron chi connectivity index (χ0n) is 16.0. The topological polar surface area (TPSA) is 55.3 Å². The van der Waals surface area contributed by atoms with Crippen molar-refractivity contribution in [2.45, 2.75) is 65.6 Å². The minimum atomic E-state index is -4.10. The average molecular weight is 381 g/mol. The third kappa shape index (κ3) is 3.75. The zero-order chi connectivity index (χ0) is 20.8. The number of halogens is 5. The molecule has 4 N–H and O–H groups in total. The molecule has 150 valence electrons. The van der Waals surface area contributed by atoms with E-state index in [4.69, 9.17) is 11.6 Å². The summed E-state index contributed by atoms with van der Waals surface area (Å²) in [6.45, 7) is 6.84. The van der Waals surface area contributed by atoms with Crippen LogP contribution >= 0.6 is 0 Å². The number of hydrogen-bond donors (Lipinski definition) is 2. The van der Waals surface area contributed by atoms with Crippen LogP contribution in [-0.4, -0.2) is 17.6 Å². The number of nitrogens with two attached hydrogens (primary N) is 2. The van der Waals surface area contributed by atoms with Gasteiger partial charge in [-0.15, -0.1) is 0 Å². The summed E-state index contributed by atoms with van der Waals surface area (Å²) in [6, 6.07) is 1.36. The largest absolute Gasteiger partial charge is 0.397 e. The van der Waals surface area contributed by atoms with Gasteiger partial charge < -0.3 is 5.73 Å². The van der Waals surface area contributed by atoms with Crippen LogP contribution in [0.15, 0.2) is 24.3 Å². The summed E-state index contributed by atoms with van der Waals surface area (Å²) in [7, 11) is 0. The Hall–Kier alpha value is -1.57. The van der Waals surface area contributed by atoms with Gasteiger partial charge in [-0.3, -0.25) is 0 Å². The lowest BCUT2D eigenvalue weighted by Gasteiger charge is -2.50. The lowest BCUT2D eigenvalue weighted by molar-refractivity contribution is -0.259. The van der Waals surface area contributed by atoms with Crippen molar-refractivity contribution in [3.05, 3.63) is 24.3 Å². The molecular formula is C18H28F5N3. The molecule has 0 radical (unpaired) electrons. The highest BCUT2D eigenvalue weighted by atomic mass is 19.3. The molecule has 0 aliphatic carbocycles. The molecule has 1 unspecified atom stereocenters. The quantitative estimate of drug-likeness (QED) is 0.237. The number of para-hydroxylation sites is 2. The van der Waals surface area contributed by atoms with Gasteiger partial charge in [0.2, 0.25) is 0 Å². The van der Waals surface area contributed by atoms with Gasteiger partial charge in [-0.25, -0.2) is 24.0 Å². The fraction of sp³-hybridized carbons (Fsp3) is 0.667. The van der Waals surface area contributed by atoms with E-state index in [1.54, 1.807) is 0 Å². The van der Waals surface area contributed by atoms with Crippen molar-refractivity contribution in [1.82, 2.24) is 0 Å². The van der Waals surface area contributed by atoms with Crippen molar-refractivity contribution in [2.24, 2.45) is 16.7 Å². The Morgan fingerprint density at radius 3 is 1.69 bits per heavy atom. The average Bonchev–Trinajstić information content (AvgIpc) is 2.44. The van der Waals surface area contributed by atoms with E-state index in [0.717, 1.165) is 20.8 Å². The number of hydrazine groups is 1. The normalized spacial score (nSPS) is 16.3. The lowest BCUT2D eigenvalue weighted by atomic mass is 9.65. The molecule has 0 heterocycles. The summed E-state index contributed by atoms with van der Waals surface area (Å²) in [5, 5.41) is -0.0405. The number of anilines is 2. The summed E-state index contributed by atoms with van der Waals surface area (Å²) in [6.07, 6.45) is -1.79. The first-order chi connectivity index (χ1) is 11.4. The van der Waals surface area contributed by atoms with E-state index in [0.29, 0.717) is 0 Å². The second-order valence-corrected chi connectivity index (χ2v) is 8.65. The second kappa shape index (κ2) is 6.55. The minimum absolute atomic E-state index is 0.0405. The highest BCUT2D eigenvalue weighted by Crippen LogP contribution is 2.57. The van der Waals surface area contributed by atoms with E-state index in [9.17, 15) is 17.6 Å². The van der Waals surface area contributed by atoms with Crippen LogP contribution < -0.4 is 16.6 Å². The predicted molar refractivity (Wildman–Crippen MR) is 94.8 cm³/mol. The molecule has 1 atom stereocenters. The van der Waals surface area contributed by atoms with Gasteiger partial charge in [-0.2, -0.15) is 8.78 Å². The van der Waals surface area contributed by atoms with Gasteiger partial charge in [0, 0.05) is 10.8 Å². The van der Waals surface area contributed by atoms with E-state index in [1.165, 1.54) is 45.0 Å². The molecule has 1 aromatic carbocycles. The van der Waals surface area contributed by atoms with E-state index in [2.05, 4.69) is 0 Å². The molecule has 3 nitrogen and oxygen atoms in total. The molecule has 0 aromatic heterocycles. The standard InChI is InChI=1S/C18H28F5N3/c1-14(2,3)16(19,18(22,23)15(4,5)6)11-17(20,21)26(25)13-10-8-7-9-12(13)24/h7-10H,11,24-25H2,1-6H3. The number of rotatable bonds is 5. The van der Waals surface area contributed by atoms with Gasteiger partial charge in [-0.05, 0) is 12.1 Å². The summed E-state index contributed by atoms with van der Waals surface area (Å²) in [5.74, 6) is 1.42. The fourth-order valence-corrected chi connectivity index (χ4v) is 2.70. The van der Waals surface area contributed by atoms with Gasteiger partial charge in [-0.1, -0.05) is 53.7 Å². The minimum Gasteiger partial charge on any atom is -0.397 e. The molecule has 0 spiro atoms. The molecule has 0 amide bonds.